The summed E-state index contributed by atoms with van der Waals surface area (Å²) in [7, 11) is 0. The Morgan fingerprint density at radius 2 is 2.31 bits per heavy atom. The van der Waals surface area contributed by atoms with Gasteiger partial charge < -0.3 is 4.74 Å². The molecular formula is C11H20O2. The summed E-state index contributed by atoms with van der Waals surface area (Å²) in [5.74, 6) is -0.0754. The highest BCUT2D eigenvalue weighted by atomic mass is 16.5. The molecule has 0 aliphatic rings. The molecule has 1 atom stereocenters. The van der Waals surface area contributed by atoms with Crippen molar-refractivity contribution in [3.05, 3.63) is 12.7 Å². The fraction of sp³-hybridized carbons (Fsp3) is 0.727. The zero-order valence-electron chi connectivity index (χ0n) is 8.71. The van der Waals surface area contributed by atoms with Gasteiger partial charge in [-0.25, -0.2) is 0 Å². The van der Waals surface area contributed by atoms with Crippen molar-refractivity contribution in [2.75, 3.05) is 0 Å². The van der Waals surface area contributed by atoms with Gasteiger partial charge in [0.1, 0.15) is 0 Å². The summed E-state index contributed by atoms with van der Waals surface area (Å²) >= 11 is 0. The fourth-order valence-corrected chi connectivity index (χ4v) is 1.10. The van der Waals surface area contributed by atoms with Crippen LogP contribution in [0.25, 0.3) is 0 Å². The molecule has 0 spiro atoms. The summed E-state index contributed by atoms with van der Waals surface area (Å²) in [5, 5.41) is 0. The largest absolute Gasteiger partial charge is 0.463 e. The lowest BCUT2D eigenvalue weighted by Gasteiger charge is -2.11. The van der Waals surface area contributed by atoms with Gasteiger partial charge in [-0.3, -0.25) is 4.79 Å². The molecule has 2 nitrogen and oxygen atoms in total. The number of rotatable bonds is 7. The van der Waals surface area contributed by atoms with E-state index in [1.807, 2.05) is 19.9 Å². The minimum Gasteiger partial charge on any atom is -0.463 e. The summed E-state index contributed by atoms with van der Waals surface area (Å²) in [6, 6.07) is 0. The van der Waals surface area contributed by atoms with E-state index in [1.54, 1.807) is 0 Å². The number of hydrogen-bond donors (Lipinski definition) is 0. The van der Waals surface area contributed by atoms with Crippen molar-refractivity contribution in [3.8, 4) is 0 Å². The fourth-order valence-electron chi connectivity index (χ4n) is 1.10. The summed E-state index contributed by atoms with van der Waals surface area (Å²) in [6.45, 7) is 7.56. The van der Waals surface area contributed by atoms with Gasteiger partial charge in [0.05, 0.1) is 6.10 Å². The number of carbonyl (C=O) groups excluding carboxylic acids is 1. The summed E-state index contributed by atoms with van der Waals surface area (Å²) in [4.78, 5) is 11.0. The molecule has 76 valence electrons. The van der Waals surface area contributed by atoms with Gasteiger partial charge in [-0.1, -0.05) is 13.0 Å². The number of esters is 1. The number of ether oxygens (including phenoxy) is 1. The minimum absolute atomic E-state index is 0.0546. The third kappa shape index (κ3) is 7.57. The first-order chi connectivity index (χ1) is 6.20. The van der Waals surface area contributed by atoms with Crippen LogP contribution in [-0.4, -0.2) is 12.1 Å². The molecule has 0 aromatic rings. The van der Waals surface area contributed by atoms with Crippen LogP contribution < -0.4 is 0 Å². The second-order valence-electron chi connectivity index (χ2n) is 3.27. The maximum absolute atomic E-state index is 11.0. The quantitative estimate of drug-likeness (QED) is 0.345. The van der Waals surface area contributed by atoms with Crippen LogP contribution >= 0.6 is 0 Å². The highest BCUT2D eigenvalue weighted by Gasteiger charge is 2.07. The van der Waals surface area contributed by atoms with Crippen LogP contribution in [0.1, 0.15) is 46.0 Å². The Bertz CT molecular complexity index is 152. The third-order valence-corrected chi connectivity index (χ3v) is 1.81. The molecule has 0 radical (unpaired) electrons. The van der Waals surface area contributed by atoms with E-state index >= 15 is 0 Å². The Morgan fingerprint density at radius 3 is 2.85 bits per heavy atom. The van der Waals surface area contributed by atoms with Gasteiger partial charge in [0.2, 0.25) is 0 Å². The molecule has 13 heavy (non-hydrogen) atoms. The number of carbonyl (C=O) groups is 1. The van der Waals surface area contributed by atoms with Gasteiger partial charge in [0, 0.05) is 6.42 Å². The Balaban J connectivity index is 3.43. The zero-order chi connectivity index (χ0) is 10.1. The molecule has 2 heteroatoms. The monoisotopic (exact) mass is 184 g/mol. The highest BCUT2D eigenvalue weighted by Crippen LogP contribution is 2.06. The van der Waals surface area contributed by atoms with E-state index in [2.05, 4.69) is 6.58 Å². The molecule has 0 aliphatic carbocycles. The topological polar surface area (TPSA) is 26.3 Å². The van der Waals surface area contributed by atoms with Crippen molar-refractivity contribution >= 4 is 5.97 Å². The Labute approximate surface area is 81.0 Å². The molecule has 0 aliphatic heterocycles. The summed E-state index contributed by atoms with van der Waals surface area (Å²) in [5.41, 5.74) is 0. The predicted molar refractivity (Wildman–Crippen MR) is 54.5 cm³/mol. The van der Waals surface area contributed by atoms with Crippen molar-refractivity contribution in [1.82, 2.24) is 0 Å². The highest BCUT2D eigenvalue weighted by molar-refractivity contribution is 5.69. The molecule has 0 rings (SSSR count). The lowest BCUT2D eigenvalue weighted by Crippen LogP contribution is -2.14. The van der Waals surface area contributed by atoms with Crippen LogP contribution in [0.4, 0.5) is 0 Å². The van der Waals surface area contributed by atoms with E-state index in [9.17, 15) is 4.79 Å². The molecule has 0 bridgehead atoms. The number of hydrogen-bond acceptors (Lipinski definition) is 2. The third-order valence-electron chi connectivity index (χ3n) is 1.81. The van der Waals surface area contributed by atoms with E-state index in [0.29, 0.717) is 6.42 Å². The van der Waals surface area contributed by atoms with Crippen molar-refractivity contribution < 1.29 is 9.53 Å². The normalized spacial score (nSPS) is 12.2. The van der Waals surface area contributed by atoms with Crippen molar-refractivity contribution in [3.63, 3.8) is 0 Å². The molecule has 0 amide bonds. The van der Waals surface area contributed by atoms with Crippen LogP contribution in [0.3, 0.4) is 0 Å². The van der Waals surface area contributed by atoms with Crippen LogP contribution in [0.2, 0.25) is 0 Å². The average molecular weight is 184 g/mol. The average Bonchev–Trinajstić information content (AvgIpc) is 2.05. The summed E-state index contributed by atoms with van der Waals surface area (Å²) < 4.78 is 5.16. The van der Waals surface area contributed by atoms with Crippen molar-refractivity contribution in [2.45, 2.75) is 52.1 Å². The Morgan fingerprint density at radius 1 is 1.62 bits per heavy atom. The van der Waals surface area contributed by atoms with Crippen molar-refractivity contribution in [2.24, 2.45) is 0 Å². The number of allylic oxidation sites excluding steroid dienone is 1. The minimum atomic E-state index is -0.0754. The molecule has 0 saturated carbocycles. The predicted octanol–water partition coefficient (Wildman–Crippen LogP) is 3.07. The smallest absolute Gasteiger partial charge is 0.306 e. The Kier molecular flexibility index (Phi) is 7.36. The first-order valence-corrected chi connectivity index (χ1v) is 5.01. The molecule has 0 unspecified atom stereocenters. The molecule has 0 saturated heterocycles. The van der Waals surface area contributed by atoms with E-state index in [4.69, 9.17) is 4.74 Å². The van der Waals surface area contributed by atoms with Crippen LogP contribution in [0.15, 0.2) is 12.7 Å². The van der Waals surface area contributed by atoms with E-state index in [-0.39, 0.29) is 12.1 Å². The van der Waals surface area contributed by atoms with Crippen LogP contribution in [0, 0.1) is 0 Å². The van der Waals surface area contributed by atoms with Crippen LogP contribution in [-0.2, 0) is 9.53 Å². The molecule has 0 aromatic heterocycles. The Hall–Kier alpha value is -0.790. The molecule has 0 aromatic carbocycles. The van der Waals surface area contributed by atoms with Gasteiger partial charge >= 0.3 is 5.97 Å². The first kappa shape index (κ1) is 12.2. The van der Waals surface area contributed by atoms with Gasteiger partial charge in [0.15, 0.2) is 0 Å². The second kappa shape index (κ2) is 7.84. The van der Waals surface area contributed by atoms with Gasteiger partial charge in [-0.2, -0.15) is 0 Å². The van der Waals surface area contributed by atoms with Crippen LogP contribution in [0.5, 0.6) is 0 Å². The lowest BCUT2D eigenvalue weighted by atomic mass is 10.2. The SMILES string of the molecule is C=CCCC[C@H](C)OC(=O)CCC. The van der Waals surface area contributed by atoms with Crippen molar-refractivity contribution in [1.29, 1.82) is 0 Å². The number of unbranched alkanes of at least 4 members (excludes halogenated alkanes) is 1. The standard InChI is InChI=1S/C11H20O2/c1-4-6-7-9-10(3)13-11(12)8-5-2/h4,10H,1,5-9H2,2-3H3/t10-/m0/s1. The summed E-state index contributed by atoms with van der Waals surface area (Å²) in [6.07, 6.45) is 6.31. The maximum Gasteiger partial charge on any atom is 0.306 e. The zero-order valence-corrected chi connectivity index (χ0v) is 8.71. The van der Waals surface area contributed by atoms with E-state index < -0.39 is 0 Å². The van der Waals surface area contributed by atoms with Gasteiger partial charge in [-0.05, 0) is 32.6 Å². The van der Waals surface area contributed by atoms with Gasteiger partial charge in [0.25, 0.3) is 0 Å². The molecule has 0 heterocycles. The lowest BCUT2D eigenvalue weighted by molar-refractivity contribution is -0.148. The van der Waals surface area contributed by atoms with Gasteiger partial charge in [-0.15, -0.1) is 6.58 Å². The molecule has 0 fully saturated rings. The van der Waals surface area contributed by atoms with E-state index in [0.717, 1.165) is 25.7 Å². The second-order valence-corrected chi connectivity index (χ2v) is 3.27. The maximum atomic E-state index is 11.0. The first-order valence-electron chi connectivity index (χ1n) is 5.01. The molecule has 0 N–H and O–H groups in total. The van der Waals surface area contributed by atoms with E-state index in [1.165, 1.54) is 0 Å². The molecular weight excluding hydrogens is 164 g/mol.